The Morgan fingerprint density at radius 3 is 2.55 bits per heavy atom. The van der Waals surface area contributed by atoms with E-state index in [4.69, 9.17) is 10.5 Å². The van der Waals surface area contributed by atoms with Crippen molar-refractivity contribution in [3.05, 3.63) is 23.8 Å². The lowest BCUT2D eigenvalue weighted by Crippen LogP contribution is -2.35. The highest BCUT2D eigenvalue weighted by molar-refractivity contribution is 5.13. The smallest absolute Gasteiger partial charge is 0.380 e. The Bertz CT molecular complexity index is 416. The molecular formula is C12H17F3N4O. The first kappa shape index (κ1) is 15.1. The minimum Gasteiger partial charge on any atom is -0.380 e. The van der Waals surface area contributed by atoms with Crippen molar-refractivity contribution in [2.24, 2.45) is 5.73 Å². The molecule has 20 heavy (non-hydrogen) atoms. The van der Waals surface area contributed by atoms with Crippen LogP contribution in [0.15, 0.2) is 12.4 Å². The summed E-state index contributed by atoms with van der Waals surface area (Å²) < 4.78 is 42.7. The Balaban J connectivity index is 2.14. The summed E-state index contributed by atoms with van der Waals surface area (Å²) in [6.07, 6.45) is -1.23. The zero-order chi connectivity index (χ0) is 14.6. The molecule has 0 aromatic carbocycles. The second kappa shape index (κ2) is 6.47. The van der Waals surface area contributed by atoms with E-state index in [-0.39, 0.29) is 6.04 Å². The minimum absolute atomic E-state index is 0.181. The second-order valence-corrected chi connectivity index (χ2v) is 4.59. The summed E-state index contributed by atoms with van der Waals surface area (Å²) in [6, 6.07) is -0.181. The minimum atomic E-state index is -4.52. The van der Waals surface area contributed by atoms with Crippen LogP contribution in [0, 0.1) is 0 Å². The molecule has 1 aromatic heterocycles. The number of halogens is 3. The Morgan fingerprint density at radius 2 is 1.95 bits per heavy atom. The number of hydrogen-bond acceptors (Lipinski definition) is 5. The quantitative estimate of drug-likeness (QED) is 0.906. The van der Waals surface area contributed by atoms with Gasteiger partial charge in [0.25, 0.3) is 0 Å². The first-order valence-corrected chi connectivity index (χ1v) is 6.43. The van der Waals surface area contributed by atoms with Crippen molar-refractivity contribution >= 4 is 0 Å². The van der Waals surface area contributed by atoms with Gasteiger partial charge in [0.15, 0.2) is 0 Å². The highest BCUT2D eigenvalue weighted by atomic mass is 19.4. The first-order valence-electron chi connectivity index (χ1n) is 6.43. The number of aromatic nitrogens is 2. The molecule has 0 aliphatic carbocycles. The Kier molecular flexibility index (Phi) is 4.90. The van der Waals surface area contributed by atoms with Gasteiger partial charge in [-0.3, -0.25) is 4.90 Å². The Labute approximate surface area is 114 Å². The summed E-state index contributed by atoms with van der Waals surface area (Å²) in [5.74, 6) is -1.13. The van der Waals surface area contributed by atoms with E-state index >= 15 is 0 Å². The van der Waals surface area contributed by atoms with Crippen molar-refractivity contribution in [2.75, 3.05) is 32.8 Å². The van der Waals surface area contributed by atoms with Crippen LogP contribution in [0.25, 0.3) is 0 Å². The molecule has 2 heterocycles. The molecule has 1 aliphatic rings. The molecule has 8 heteroatoms. The van der Waals surface area contributed by atoms with Gasteiger partial charge in [-0.2, -0.15) is 13.2 Å². The van der Waals surface area contributed by atoms with Crippen molar-refractivity contribution in [1.82, 2.24) is 14.9 Å². The van der Waals surface area contributed by atoms with Gasteiger partial charge in [0, 0.05) is 44.2 Å². The summed E-state index contributed by atoms with van der Waals surface area (Å²) in [5, 5.41) is 0. The predicted octanol–water partition coefficient (Wildman–Crippen LogP) is 1.22. The molecule has 0 amide bonds. The topological polar surface area (TPSA) is 64.3 Å². The zero-order valence-electron chi connectivity index (χ0n) is 10.9. The van der Waals surface area contributed by atoms with Crippen LogP contribution in [-0.4, -0.2) is 47.7 Å². The number of ether oxygens (including phenoxy) is 1. The normalized spacial score (nSPS) is 19.6. The highest BCUT2D eigenvalue weighted by Crippen LogP contribution is 2.27. The third-order valence-electron chi connectivity index (χ3n) is 3.23. The second-order valence-electron chi connectivity index (χ2n) is 4.59. The van der Waals surface area contributed by atoms with Gasteiger partial charge < -0.3 is 10.5 Å². The van der Waals surface area contributed by atoms with Crippen molar-refractivity contribution in [2.45, 2.75) is 18.6 Å². The average Bonchev–Trinajstić information content (AvgIpc) is 2.68. The first-order chi connectivity index (χ1) is 9.52. The van der Waals surface area contributed by atoms with Crippen LogP contribution in [0.2, 0.25) is 0 Å². The fraction of sp³-hybridized carbons (Fsp3) is 0.667. The molecule has 5 nitrogen and oxygen atoms in total. The fourth-order valence-electron chi connectivity index (χ4n) is 2.23. The lowest BCUT2D eigenvalue weighted by atomic mass is 10.1. The van der Waals surface area contributed by atoms with Gasteiger partial charge >= 0.3 is 6.18 Å². The van der Waals surface area contributed by atoms with E-state index in [0.717, 1.165) is 13.0 Å². The van der Waals surface area contributed by atoms with Crippen LogP contribution in [-0.2, 0) is 10.9 Å². The SMILES string of the molecule is NCC(c1cnc(C(F)(F)F)nc1)N1CCCOCC1. The molecule has 1 aliphatic heterocycles. The maximum Gasteiger partial charge on any atom is 0.451 e. The summed E-state index contributed by atoms with van der Waals surface area (Å²) >= 11 is 0. The predicted molar refractivity (Wildman–Crippen MR) is 65.8 cm³/mol. The van der Waals surface area contributed by atoms with Crippen LogP contribution in [0.1, 0.15) is 23.9 Å². The molecule has 1 unspecified atom stereocenters. The zero-order valence-corrected chi connectivity index (χ0v) is 10.9. The molecular weight excluding hydrogens is 273 g/mol. The molecule has 112 valence electrons. The molecule has 1 atom stereocenters. The maximum atomic E-state index is 12.4. The van der Waals surface area contributed by atoms with Gasteiger partial charge in [0.2, 0.25) is 5.82 Å². The standard InChI is InChI=1S/C12H17F3N4O/c13-12(14,15)11-17-7-9(8-18-11)10(6-16)19-2-1-4-20-5-3-19/h7-8,10H,1-6,16H2. The van der Waals surface area contributed by atoms with Crippen molar-refractivity contribution in [1.29, 1.82) is 0 Å². The van der Waals surface area contributed by atoms with E-state index < -0.39 is 12.0 Å². The molecule has 0 saturated carbocycles. The van der Waals surface area contributed by atoms with E-state index in [1.165, 1.54) is 12.4 Å². The highest BCUT2D eigenvalue weighted by Gasteiger charge is 2.34. The third kappa shape index (κ3) is 3.65. The molecule has 1 saturated heterocycles. The Hall–Kier alpha value is -1.25. The molecule has 0 bridgehead atoms. The summed E-state index contributed by atoms with van der Waals surface area (Å²) in [5.41, 5.74) is 6.35. The van der Waals surface area contributed by atoms with E-state index in [2.05, 4.69) is 14.9 Å². The summed E-state index contributed by atoms with van der Waals surface area (Å²) in [7, 11) is 0. The van der Waals surface area contributed by atoms with Crippen LogP contribution in [0.3, 0.4) is 0 Å². The van der Waals surface area contributed by atoms with Crippen molar-refractivity contribution in [3.8, 4) is 0 Å². The van der Waals surface area contributed by atoms with Crippen molar-refractivity contribution < 1.29 is 17.9 Å². The van der Waals surface area contributed by atoms with E-state index in [1.807, 2.05) is 0 Å². The van der Waals surface area contributed by atoms with Crippen LogP contribution in [0.4, 0.5) is 13.2 Å². The lowest BCUT2D eigenvalue weighted by molar-refractivity contribution is -0.145. The van der Waals surface area contributed by atoms with Crippen LogP contribution < -0.4 is 5.73 Å². The average molecular weight is 290 g/mol. The molecule has 1 aromatic rings. The van der Waals surface area contributed by atoms with Gasteiger partial charge in [-0.15, -0.1) is 0 Å². The van der Waals surface area contributed by atoms with Gasteiger partial charge in [-0.25, -0.2) is 9.97 Å². The molecule has 2 rings (SSSR count). The van der Waals surface area contributed by atoms with Gasteiger partial charge in [-0.1, -0.05) is 0 Å². The van der Waals surface area contributed by atoms with E-state index in [9.17, 15) is 13.2 Å². The molecule has 2 N–H and O–H groups in total. The lowest BCUT2D eigenvalue weighted by Gasteiger charge is -2.29. The number of alkyl halides is 3. The van der Waals surface area contributed by atoms with Gasteiger partial charge in [0.05, 0.1) is 12.6 Å². The Morgan fingerprint density at radius 1 is 1.25 bits per heavy atom. The largest absolute Gasteiger partial charge is 0.451 e. The van der Waals surface area contributed by atoms with Gasteiger partial charge in [-0.05, 0) is 6.42 Å². The number of nitrogens with zero attached hydrogens (tertiary/aromatic N) is 3. The number of rotatable bonds is 3. The van der Waals surface area contributed by atoms with Crippen molar-refractivity contribution in [3.63, 3.8) is 0 Å². The monoisotopic (exact) mass is 290 g/mol. The fourth-order valence-corrected chi connectivity index (χ4v) is 2.23. The maximum absolute atomic E-state index is 12.4. The summed E-state index contributed by atoms with van der Waals surface area (Å²) in [6.45, 7) is 3.08. The molecule has 0 radical (unpaired) electrons. The number of hydrogen-bond donors (Lipinski definition) is 1. The van der Waals surface area contributed by atoms with E-state index in [0.29, 0.717) is 31.9 Å². The summed E-state index contributed by atoms with van der Waals surface area (Å²) in [4.78, 5) is 8.87. The number of nitrogens with two attached hydrogens (primary N) is 1. The van der Waals surface area contributed by atoms with Crippen LogP contribution >= 0.6 is 0 Å². The van der Waals surface area contributed by atoms with E-state index in [1.54, 1.807) is 0 Å². The van der Waals surface area contributed by atoms with Gasteiger partial charge in [0.1, 0.15) is 0 Å². The van der Waals surface area contributed by atoms with Crippen LogP contribution in [0.5, 0.6) is 0 Å². The molecule has 1 fully saturated rings. The third-order valence-corrected chi connectivity index (χ3v) is 3.23. The molecule has 0 spiro atoms.